The first-order valence-electron chi connectivity index (χ1n) is 3.28. The number of hydrogen-bond donors (Lipinski definition) is 0. The second kappa shape index (κ2) is 3.13. The number of nitrogens with zero attached hydrogens (tertiary/aromatic N) is 1. The van der Waals surface area contributed by atoms with Crippen molar-refractivity contribution in [2.75, 3.05) is 13.1 Å². The van der Waals surface area contributed by atoms with Gasteiger partial charge in [-0.2, -0.15) is 8.78 Å². The average molecular weight is 165 g/mol. The molecule has 0 saturated carbocycles. The molecule has 0 atom stereocenters. The van der Waals surface area contributed by atoms with Crippen LogP contribution in [0.3, 0.4) is 0 Å². The lowest BCUT2D eigenvalue weighted by Crippen LogP contribution is -2.54. The van der Waals surface area contributed by atoms with Gasteiger partial charge >= 0.3 is 6.61 Å². The summed E-state index contributed by atoms with van der Waals surface area (Å²) in [6.07, 6.45) is -0.473. The van der Waals surface area contributed by atoms with Gasteiger partial charge in [-0.3, -0.25) is 4.79 Å². The minimum absolute atomic E-state index is 0.0980. The van der Waals surface area contributed by atoms with Crippen LogP contribution in [0.1, 0.15) is 6.92 Å². The molecule has 11 heavy (non-hydrogen) atoms. The van der Waals surface area contributed by atoms with Crippen LogP contribution in [0.15, 0.2) is 0 Å². The molecule has 1 rings (SSSR count). The summed E-state index contributed by atoms with van der Waals surface area (Å²) in [6.45, 7) is -0.744. The average Bonchev–Trinajstić information content (AvgIpc) is 1.75. The third kappa shape index (κ3) is 2.11. The Hall–Kier alpha value is -0.710. The summed E-state index contributed by atoms with van der Waals surface area (Å²) in [5, 5.41) is 0. The summed E-state index contributed by atoms with van der Waals surface area (Å²) in [7, 11) is 0. The summed E-state index contributed by atoms with van der Waals surface area (Å²) >= 11 is 0. The Labute approximate surface area is 62.9 Å². The van der Waals surface area contributed by atoms with Crippen molar-refractivity contribution in [1.29, 1.82) is 0 Å². The van der Waals surface area contributed by atoms with Gasteiger partial charge in [-0.25, -0.2) is 0 Å². The summed E-state index contributed by atoms with van der Waals surface area (Å²) in [5.74, 6) is -0.0980. The minimum atomic E-state index is -2.73. The lowest BCUT2D eigenvalue weighted by Gasteiger charge is -2.37. The second-order valence-electron chi connectivity index (χ2n) is 2.44. The van der Waals surface area contributed by atoms with E-state index in [2.05, 4.69) is 4.74 Å². The molecule has 64 valence electrons. The minimum Gasteiger partial charge on any atom is -0.338 e. The number of carbonyl (C=O) groups excluding carboxylic acids is 1. The zero-order valence-electron chi connectivity index (χ0n) is 6.09. The molecule has 1 heterocycles. The molecular weight excluding hydrogens is 156 g/mol. The highest BCUT2D eigenvalue weighted by atomic mass is 19.3. The first kappa shape index (κ1) is 8.39. The van der Waals surface area contributed by atoms with Gasteiger partial charge in [-0.1, -0.05) is 0 Å². The molecule has 0 aromatic rings. The van der Waals surface area contributed by atoms with Crippen LogP contribution in [-0.2, 0) is 9.53 Å². The third-order valence-corrected chi connectivity index (χ3v) is 1.59. The number of likely N-dealkylation sites (tertiary alicyclic amines) is 1. The number of alkyl halides is 2. The van der Waals surface area contributed by atoms with Crippen LogP contribution in [0.2, 0.25) is 0 Å². The number of carbonyl (C=O) groups is 1. The van der Waals surface area contributed by atoms with Gasteiger partial charge in [0, 0.05) is 20.0 Å². The van der Waals surface area contributed by atoms with Gasteiger partial charge in [0.15, 0.2) is 0 Å². The Kier molecular flexibility index (Phi) is 2.38. The van der Waals surface area contributed by atoms with Crippen molar-refractivity contribution in [2.45, 2.75) is 19.6 Å². The Morgan fingerprint density at radius 3 is 2.55 bits per heavy atom. The topological polar surface area (TPSA) is 29.5 Å². The molecule has 0 unspecified atom stereocenters. The van der Waals surface area contributed by atoms with Crippen molar-refractivity contribution in [1.82, 2.24) is 4.90 Å². The van der Waals surface area contributed by atoms with Crippen molar-refractivity contribution in [3.63, 3.8) is 0 Å². The van der Waals surface area contributed by atoms with E-state index in [0.717, 1.165) is 0 Å². The third-order valence-electron chi connectivity index (χ3n) is 1.59. The van der Waals surface area contributed by atoms with Crippen LogP contribution in [0.5, 0.6) is 0 Å². The molecule has 1 amide bonds. The van der Waals surface area contributed by atoms with E-state index < -0.39 is 12.7 Å². The fraction of sp³-hybridized carbons (Fsp3) is 0.833. The highest BCUT2D eigenvalue weighted by molar-refractivity contribution is 5.74. The zero-order chi connectivity index (χ0) is 8.43. The van der Waals surface area contributed by atoms with Crippen LogP contribution in [0.4, 0.5) is 8.78 Å². The number of amides is 1. The molecule has 0 spiro atoms. The van der Waals surface area contributed by atoms with Crippen LogP contribution in [0.25, 0.3) is 0 Å². The van der Waals surface area contributed by atoms with E-state index in [-0.39, 0.29) is 5.91 Å². The zero-order valence-corrected chi connectivity index (χ0v) is 6.09. The van der Waals surface area contributed by atoms with Crippen LogP contribution in [0, 0.1) is 0 Å². The van der Waals surface area contributed by atoms with Gasteiger partial charge in [0.2, 0.25) is 5.91 Å². The lowest BCUT2D eigenvalue weighted by atomic mass is 10.2. The molecule has 0 bridgehead atoms. The fourth-order valence-corrected chi connectivity index (χ4v) is 0.927. The summed E-state index contributed by atoms with van der Waals surface area (Å²) in [6, 6.07) is 0. The van der Waals surface area contributed by atoms with E-state index in [0.29, 0.717) is 13.1 Å². The molecule has 0 radical (unpaired) electrons. The molecule has 0 aromatic heterocycles. The molecular formula is C6H9F2NO2. The second-order valence-corrected chi connectivity index (χ2v) is 2.44. The van der Waals surface area contributed by atoms with E-state index in [1.807, 2.05) is 0 Å². The first-order valence-corrected chi connectivity index (χ1v) is 3.28. The number of halogens is 2. The SMILES string of the molecule is CC(=O)N1CC(OC(F)F)C1. The van der Waals surface area contributed by atoms with Crippen LogP contribution >= 0.6 is 0 Å². The Balaban J connectivity index is 2.14. The van der Waals surface area contributed by atoms with Crippen molar-refractivity contribution in [3.05, 3.63) is 0 Å². The molecule has 1 fully saturated rings. The lowest BCUT2D eigenvalue weighted by molar-refractivity contribution is -0.198. The van der Waals surface area contributed by atoms with E-state index in [1.165, 1.54) is 11.8 Å². The monoisotopic (exact) mass is 165 g/mol. The standard InChI is InChI=1S/C6H9F2NO2/c1-4(10)9-2-5(3-9)11-6(7)8/h5-6H,2-3H2,1H3. The van der Waals surface area contributed by atoms with E-state index >= 15 is 0 Å². The number of ether oxygens (including phenoxy) is 1. The van der Waals surface area contributed by atoms with Gasteiger partial charge < -0.3 is 9.64 Å². The van der Waals surface area contributed by atoms with E-state index in [1.54, 1.807) is 0 Å². The molecule has 0 aliphatic carbocycles. The maximum atomic E-state index is 11.5. The summed E-state index contributed by atoms with van der Waals surface area (Å²) in [5.41, 5.74) is 0. The van der Waals surface area contributed by atoms with Crippen molar-refractivity contribution in [2.24, 2.45) is 0 Å². The molecule has 0 aromatic carbocycles. The van der Waals surface area contributed by atoms with E-state index in [4.69, 9.17) is 0 Å². The highest BCUT2D eigenvalue weighted by Crippen LogP contribution is 2.14. The molecule has 1 aliphatic heterocycles. The summed E-state index contributed by atoms with van der Waals surface area (Å²) < 4.78 is 27.2. The largest absolute Gasteiger partial charge is 0.345 e. The maximum absolute atomic E-state index is 11.5. The van der Waals surface area contributed by atoms with Crippen LogP contribution < -0.4 is 0 Å². The molecule has 5 heteroatoms. The van der Waals surface area contributed by atoms with Crippen molar-refractivity contribution in [3.8, 4) is 0 Å². The van der Waals surface area contributed by atoms with Crippen molar-refractivity contribution >= 4 is 5.91 Å². The van der Waals surface area contributed by atoms with Gasteiger partial charge in [-0.05, 0) is 0 Å². The Morgan fingerprint density at radius 2 is 2.18 bits per heavy atom. The van der Waals surface area contributed by atoms with Gasteiger partial charge in [0.1, 0.15) is 0 Å². The molecule has 3 nitrogen and oxygen atoms in total. The normalized spacial score (nSPS) is 18.7. The number of rotatable bonds is 2. The van der Waals surface area contributed by atoms with Crippen LogP contribution in [-0.4, -0.2) is 36.6 Å². The highest BCUT2D eigenvalue weighted by Gasteiger charge is 2.31. The van der Waals surface area contributed by atoms with Gasteiger partial charge in [-0.15, -0.1) is 0 Å². The van der Waals surface area contributed by atoms with Crippen molar-refractivity contribution < 1.29 is 18.3 Å². The predicted molar refractivity (Wildman–Crippen MR) is 33.1 cm³/mol. The molecule has 0 N–H and O–H groups in total. The molecule has 1 saturated heterocycles. The fourth-order valence-electron chi connectivity index (χ4n) is 0.927. The van der Waals surface area contributed by atoms with Gasteiger partial charge in [0.25, 0.3) is 0 Å². The summed E-state index contributed by atoms with van der Waals surface area (Å²) in [4.78, 5) is 12.0. The smallest absolute Gasteiger partial charge is 0.338 e. The maximum Gasteiger partial charge on any atom is 0.345 e. The first-order chi connectivity index (χ1) is 5.09. The molecule has 1 aliphatic rings. The Bertz CT molecular complexity index is 157. The number of hydrogen-bond acceptors (Lipinski definition) is 2. The van der Waals surface area contributed by atoms with E-state index in [9.17, 15) is 13.6 Å². The predicted octanol–water partition coefficient (Wildman–Crippen LogP) is 0.456. The Morgan fingerprint density at radius 1 is 1.64 bits per heavy atom. The van der Waals surface area contributed by atoms with Gasteiger partial charge in [0.05, 0.1) is 6.10 Å². The quantitative estimate of drug-likeness (QED) is 0.594.